The van der Waals surface area contributed by atoms with Crippen molar-refractivity contribution >= 4 is 16.7 Å². The van der Waals surface area contributed by atoms with Crippen molar-refractivity contribution in [3.63, 3.8) is 0 Å². The Balaban J connectivity index is 2.21. The fourth-order valence-electron chi connectivity index (χ4n) is 2.44. The fraction of sp³-hybridized carbons (Fsp3) is 0.111. The number of aryl methyl sites for hydroxylation is 1. The van der Waals surface area contributed by atoms with E-state index in [1.807, 2.05) is 62.4 Å². The predicted molar refractivity (Wildman–Crippen MR) is 81.1 cm³/mol. The van der Waals surface area contributed by atoms with Crippen molar-refractivity contribution in [2.75, 3.05) is 0 Å². The number of hydrogen-bond donors (Lipinski definition) is 0. The molecule has 0 saturated carbocycles. The van der Waals surface area contributed by atoms with E-state index in [1.165, 1.54) is 0 Å². The van der Waals surface area contributed by atoms with Gasteiger partial charge in [-0.3, -0.25) is 9.78 Å². The van der Waals surface area contributed by atoms with E-state index in [-0.39, 0.29) is 5.78 Å². The first kappa shape index (κ1) is 12.5. The highest BCUT2D eigenvalue weighted by Crippen LogP contribution is 2.22. The molecule has 0 aliphatic heterocycles. The summed E-state index contributed by atoms with van der Waals surface area (Å²) >= 11 is 0. The molecule has 20 heavy (non-hydrogen) atoms. The van der Waals surface area contributed by atoms with Crippen LogP contribution in [0.1, 0.15) is 27.0 Å². The highest BCUT2D eigenvalue weighted by Gasteiger charge is 2.15. The number of hydrogen-bond acceptors (Lipinski definition) is 2. The molecule has 0 spiro atoms. The predicted octanol–water partition coefficient (Wildman–Crippen LogP) is 4.08. The molecule has 2 heteroatoms. The summed E-state index contributed by atoms with van der Waals surface area (Å²) in [4.78, 5) is 17.1. The van der Waals surface area contributed by atoms with Crippen molar-refractivity contribution in [3.8, 4) is 0 Å². The average molecular weight is 261 g/mol. The molecule has 98 valence electrons. The zero-order valence-corrected chi connectivity index (χ0v) is 11.6. The molecule has 1 heterocycles. The first-order valence-corrected chi connectivity index (χ1v) is 6.63. The van der Waals surface area contributed by atoms with Crippen LogP contribution in [0, 0.1) is 13.8 Å². The van der Waals surface area contributed by atoms with E-state index >= 15 is 0 Å². The smallest absolute Gasteiger partial charge is 0.193 e. The normalized spacial score (nSPS) is 10.7. The Hall–Kier alpha value is -2.48. The maximum absolute atomic E-state index is 12.8. The van der Waals surface area contributed by atoms with Crippen molar-refractivity contribution in [2.45, 2.75) is 13.8 Å². The second-order valence-electron chi connectivity index (χ2n) is 4.95. The third kappa shape index (κ3) is 1.99. The van der Waals surface area contributed by atoms with E-state index in [4.69, 9.17) is 0 Å². The number of ketones is 1. The quantitative estimate of drug-likeness (QED) is 0.650. The van der Waals surface area contributed by atoms with Crippen LogP contribution in [0.4, 0.5) is 0 Å². The zero-order valence-electron chi connectivity index (χ0n) is 11.6. The van der Waals surface area contributed by atoms with Gasteiger partial charge in [0.2, 0.25) is 0 Å². The van der Waals surface area contributed by atoms with Crippen LogP contribution in [0.25, 0.3) is 10.9 Å². The number of benzene rings is 2. The zero-order chi connectivity index (χ0) is 14.1. The van der Waals surface area contributed by atoms with E-state index in [0.29, 0.717) is 5.56 Å². The minimum absolute atomic E-state index is 0.0600. The molecule has 0 bridgehead atoms. The van der Waals surface area contributed by atoms with E-state index in [0.717, 1.165) is 27.6 Å². The Labute approximate surface area is 118 Å². The average Bonchev–Trinajstić information content (AvgIpc) is 2.49. The Morgan fingerprint density at radius 2 is 1.65 bits per heavy atom. The Morgan fingerprint density at radius 1 is 0.900 bits per heavy atom. The van der Waals surface area contributed by atoms with Gasteiger partial charge in [0, 0.05) is 22.7 Å². The van der Waals surface area contributed by atoms with Gasteiger partial charge in [0.05, 0.1) is 5.52 Å². The number of nitrogens with zero attached hydrogens (tertiary/aromatic N) is 1. The van der Waals surface area contributed by atoms with Crippen LogP contribution in [-0.4, -0.2) is 10.8 Å². The maximum Gasteiger partial charge on any atom is 0.193 e. The van der Waals surface area contributed by atoms with E-state index in [9.17, 15) is 4.79 Å². The summed E-state index contributed by atoms with van der Waals surface area (Å²) < 4.78 is 0. The minimum Gasteiger partial charge on any atom is -0.289 e. The van der Waals surface area contributed by atoms with Gasteiger partial charge in [-0.2, -0.15) is 0 Å². The summed E-state index contributed by atoms with van der Waals surface area (Å²) in [5.74, 6) is 0.0600. The SMILES string of the molecule is Cc1cccc(C(=O)c2cccc3ncccc23)c1C. The van der Waals surface area contributed by atoms with Gasteiger partial charge in [-0.15, -0.1) is 0 Å². The van der Waals surface area contributed by atoms with E-state index in [1.54, 1.807) is 6.20 Å². The lowest BCUT2D eigenvalue weighted by Gasteiger charge is -2.09. The molecule has 2 nitrogen and oxygen atoms in total. The molecule has 3 rings (SSSR count). The van der Waals surface area contributed by atoms with Crippen molar-refractivity contribution in [3.05, 3.63) is 77.0 Å². The molecule has 0 aliphatic carbocycles. The lowest BCUT2D eigenvalue weighted by molar-refractivity contribution is 0.103. The lowest BCUT2D eigenvalue weighted by atomic mass is 9.94. The van der Waals surface area contributed by atoms with Gasteiger partial charge in [0.15, 0.2) is 5.78 Å². The summed E-state index contributed by atoms with van der Waals surface area (Å²) in [6.07, 6.45) is 1.74. The van der Waals surface area contributed by atoms with Crippen LogP contribution in [-0.2, 0) is 0 Å². The minimum atomic E-state index is 0.0600. The Morgan fingerprint density at radius 3 is 2.50 bits per heavy atom. The van der Waals surface area contributed by atoms with Crippen molar-refractivity contribution in [1.29, 1.82) is 0 Å². The third-order valence-corrected chi connectivity index (χ3v) is 3.74. The molecule has 0 N–H and O–H groups in total. The second kappa shape index (κ2) is 4.89. The van der Waals surface area contributed by atoms with Crippen LogP contribution in [0.2, 0.25) is 0 Å². The molecule has 3 aromatic rings. The van der Waals surface area contributed by atoms with Crippen LogP contribution in [0.3, 0.4) is 0 Å². The lowest BCUT2D eigenvalue weighted by Crippen LogP contribution is -2.05. The van der Waals surface area contributed by atoms with Gasteiger partial charge in [-0.05, 0) is 37.1 Å². The molecule has 0 saturated heterocycles. The summed E-state index contributed by atoms with van der Waals surface area (Å²) in [5, 5.41) is 0.904. The summed E-state index contributed by atoms with van der Waals surface area (Å²) in [6, 6.07) is 15.3. The van der Waals surface area contributed by atoms with Gasteiger partial charge < -0.3 is 0 Å². The molecule has 2 aromatic carbocycles. The van der Waals surface area contributed by atoms with Crippen molar-refractivity contribution in [2.24, 2.45) is 0 Å². The summed E-state index contributed by atoms with van der Waals surface area (Å²) in [7, 11) is 0. The number of carbonyl (C=O) groups is 1. The number of rotatable bonds is 2. The third-order valence-electron chi connectivity index (χ3n) is 3.74. The first-order chi connectivity index (χ1) is 9.68. The van der Waals surface area contributed by atoms with Crippen molar-refractivity contribution in [1.82, 2.24) is 4.98 Å². The fourth-order valence-corrected chi connectivity index (χ4v) is 2.44. The molecule has 0 fully saturated rings. The largest absolute Gasteiger partial charge is 0.289 e. The van der Waals surface area contributed by atoms with Gasteiger partial charge in [0.25, 0.3) is 0 Å². The standard InChI is InChI=1S/C18H15NO/c1-12-6-3-7-14(13(12)2)18(20)16-8-4-10-17-15(16)9-5-11-19-17/h3-11H,1-2H3. The molecule has 0 amide bonds. The number of fused-ring (bicyclic) bond motifs is 1. The van der Waals surface area contributed by atoms with Gasteiger partial charge in [-0.25, -0.2) is 0 Å². The second-order valence-corrected chi connectivity index (χ2v) is 4.95. The van der Waals surface area contributed by atoms with Gasteiger partial charge in [-0.1, -0.05) is 36.4 Å². The highest BCUT2D eigenvalue weighted by atomic mass is 16.1. The number of pyridine rings is 1. The molecule has 0 atom stereocenters. The highest BCUT2D eigenvalue weighted by molar-refractivity contribution is 6.16. The number of carbonyl (C=O) groups excluding carboxylic acids is 1. The van der Waals surface area contributed by atoms with Crippen LogP contribution < -0.4 is 0 Å². The number of aromatic nitrogens is 1. The van der Waals surface area contributed by atoms with E-state index in [2.05, 4.69) is 4.98 Å². The molecule has 0 unspecified atom stereocenters. The molecular weight excluding hydrogens is 246 g/mol. The first-order valence-electron chi connectivity index (χ1n) is 6.63. The van der Waals surface area contributed by atoms with Crippen LogP contribution in [0.5, 0.6) is 0 Å². The van der Waals surface area contributed by atoms with Crippen molar-refractivity contribution < 1.29 is 4.79 Å². The Bertz CT molecular complexity index is 800. The van der Waals surface area contributed by atoms with Gasteiger partial charge >= 0.3 is 0 Å². The Kier molecular flexibility index (Phi) is 3.07. The summed E-state index contributed by atoms with van der Waals surface area (Å²) in [5.41, 5.74) is 4.50. The summed E-state index contributed by atoms with van der Waals surface area (Å²) in [6.45, 7) is 4.02. The monoisotopic (exact) mass is 261 g/mol. The molecule has 1 aromatic heterocycles. The molecular formula is C18H15NO. The molecule has 0 radical (unpaired) electrons. The van der Waals surface area contributed by atoms with Crippen LogP contribution in [0.15, 0.2) is 54.7 Å². The van der Waals surface area contributed by atoms with Crippen LogP contribution >= 0.6 is 0 Å². The maximum atomic E-state index is 12.8. The molecule has 0 aliphatic rings. The van der Waals surface area contributed by atoms with Gasteiger partial charge in [0.1, 0.15) is 0 Å². The van der Waals surface area contributed by atoms with E-state index < -0.39 is 0 Å². The topological polar surface area (TPSA) is 30.0 Å².